The highest BCUT2D eigenvalue weighted by molar-refractivity contribution is 7.09. The Morgan fingerprint density at radius 3 is 2.81 bits per heavy atom. The number of piperidine rings is 1. The Kier molecular flexibility index (Phi) is 4.61. The molecule has 0 bridgehead atoms. The van der Waals surface area contributed by atoms with E-state index in [1.807, 2.05) is 0 Å². The van der Waals surface area contributed by atoms with Crippen molar-refractivity contribution in [3.63, 3.8) is 0 Å². The number of halogens is 1. The van der Waals surface area contributed by atoms with Gasteiger partial charge in [-0.3, -0.25) is 9.69 Å². The van der Waals surface area contributed by atoms with Crippen LogP contribution in [0, 0.1) is 0 Å². The molecular formula is C14H19FN2O3S. The lowest BCUT2D eigenvalue weighted by atomic mass is 9.97. The monoisotopic (exact) mass is 314 g/mol. The van der Waals surface area contributed by atoms with Crippen molar-refractivity contribution < 1.29 is 18.7 Å². The smallest absolute Gasteiger partial charge is 0.412 e. The van der Waals surface area contributed by atoms with Crippen LogP contribution < -0.4 is 0 Å². The van der Waals surface area contributed by atoms with E-state index < -0.39 is 18.0 Å². The van der Waals surface area contributed by atoms with E-state index in [1.165, 1.54) is 11.3 Å². The van der Waals surface area contributed by atoms with Crippen molar-refractivity contribution in [2.24, 2.45) is 0 Å². The third-order valence-electron chi connectivity index (χ3n) is 3.17. The summed E-state index contributed by atoms with van der Waals surface area (Å²) in [5.41, 5.74) is -0.262. The maximum absolute atomic E-state index is 14.2. The maximum atomic E-state index is 14.2. The number of hydrogen-bond acceptors (Lipinski definition) is 5. The van der Waals surface area contributed by atoms with Crippen LogP contribution in [0.2, 0.25) is 0 Å². The highest BCUT2D eigenvalue weighted by atomic mass is 32.1. The van der Waals surface area contributed by atoms with Crippen molar-refractivity contribution in [1.82, 2.24) is 9.88 Å². The number of carbonyl (C=O) groups is 2. The second kappa shape index (κ2) is 6.09. The van der Waals surface area contributed by atoms with Crippen molar-refractivity contribution in [1.29, 1.82) is 0 Å². The standard InChI is InChI=1S/C14H19FN2O3S/c1-14(2,3)20-13(19)17-5-4-9(6-11(17)15)12-16-10(7-18)8-21-12/h7-9,11H,4-6H2,1-3H3. The summed E-state index contributed by atoms with van der Waals surface area (Å²) >= 11 is 1.36. The average molecular weight is 314 g/mol. The normalized spacial score (nSPS) is 23.0. The van der Waals surface area contributed by atoms with Crippen molar-refractivity contribution in [3.05, 3.63) is 16.1 Å². The van der Waals surface area contributed by atoms with Gasteiger partial charge in [-0.1, -0.05) is 0 Å². The number of alkyl halides is 1. The molecule has 5 nitrogen and oxygen atoms in total. The first-order chi connectivity index (χ1) is 9.80. The molecule has 1 aromatic heterocycles. The Morgan fingerprint density at radius 2 is 2.29 bits per heavy atom. The molecule has 7 heteroatoms. The minimum absolute atomic E-state index is 0.0580. The molecule has 0 aliphatic carbocycles. The van der Waals surface area contributed by atoms with E-state index in [1.54, 1.807) is 26.2 Å². The number of amides is 1. The van der Waals surface area contributed by atoms with Crippen molar-refractivity contribution in [2.45, 2.75) is 51.4 Å². The molecule has 21 heavy (non-hydrogen) atoms. The van der Waals surface area contributed by atoms with Gasteiger partial charge in [0.2, 0.25) is 0 Å². The molecule has 2 heterocycles. The van der Waals surface area contributed by atoms with Crippen LogP contribution in [0.15, 0.2) is 5.38 Å². The SMILES string of the molecule is CC(C)(C)OC(=O)N1CCC(c2nc(C=O)cs2)CC1F. The third-order valence-corrected chi connectivity index (χ3v) is 4.20. The highest BCUT2D eigenvalue weighted by Gasteiger charge is 2.35. The molecule has 1 fully saturated rings. The Balaban J connectivity index is 1.98. The summed E-state index contributed by atoms with van der Waals surface area (Å²) in [6, 6.07) is 0. The van der Waals surface area contributed by atoms with Crippen LogP contribution >= 0.6 is 11.3 Å². The zero-order valence-corrected chi connectivity index (χ0v) is 13.2. The molecule has 0 radical (unpaired) electrons. The van der Waals surface area contributed by atoms with Gasteiger partial charge in [-0.2, -0.15) is 0 Å². The molecule has 2 unspecified atom stereocenters. The van der Waals surface area contributed by atoms with Crippen molar-refractivity contribution in [2.75, 3.05) is 6.54 Å². The fourth-order valence-corrected chi connectivity index (χ4v) is 3.12. The number of aromatic nitrogens is 1. The van der Waals surface area contributed by atoms with Crippen LogP contribution in [0.3, 0.4) is 0 Å². The Bertz CT molecular complexity index is 527. The minimum Gasteiger partial charge on any atom is -0.444 e. The van der Waals surface area contributed by atoms with Gasteiger partial charge in [0.15, 0.2) is 12.6 Å². The van der Waals surface area contributed by atoms with E-state index >= 15 is 0 Å². The predicted octanol–water partition coefficient (Wildman–Crippen LogP) is 3.37. The van der Waals surface area contributed by atoms with Crippen molar-refractivity contribution >= 4 is 23.7 Å². The molecule has 2 atom stereocenters. The summed E-state index contributed by atoms with van der Waals surface area (Å²) in [4.78, 5) is 27.9. The molecule has 0 saturated carbocycles. The number of thiazole rings is 1. The molecular weight excluding hydrogens is 295 g/mol. The van der Waals surface area contributed by atoms with Crippen molar-refractivity contribution in [3.8, 4) is 0 Å². The van der Waals surface area contributed by atoms with E-state index in [0.717, 1.165) is 9.91 Å². The molecule has 2 rings (SSSR count). The summed E-state index contributed by atoms with van der Waals surface area (Å²) in [7, 11) is 0. The van der Waals surface area contributed by atoms with Gasteiger partial charge in [0.25, 0.3) is 0 Å². The topological polar surface area (TPSA) is 59.5 Å². The number of likely N-dealkylation sites (tertiary alicyclic amines) is 1. The molecule has 116 valence electrons. The van der Waals surface area contributed by atoms with E-state index in [-0.39, 0.29) is 18.9 Å². The predicted molar refractivity (Wildman–Crippen MR) is 77.3 cm³/mol. The van der Waals surface area contributed by atoms with E-state index in [4.69, 9.17) is 4.74 Å². The fraction of sp³-hybridized carbons (Fsp3) is 0.643. The summed E-state index contributed by atoms with van der Waals surface area (Å²) < 4.78 is 19.4. The van der Waals surface area contributed by atoms with Crippen LogP contribution in [-0.2, 0) is 4.74 Å². The summed E-state index contributed by atoms with van der Waals surface area (Å²) in [6.45, 7) is 5.54. The fourth-order valence-electron chi connectivity index (χ4n) is 2.21. The first-order valence-electron chi connectivity index (χ1n) is 6.84. The first-order valence-corrected chi connectivity index (χ1v) is 7.72. The van der Waals surface area contributed by atoms with Gasteiger partial charge in [0, 0.05) is 24.3 Å². The number of rotatable bonds is 2. The quantitative estimate of drug-likeness (QED) is 0.620. The van der Waals surface area contributed by atoms with E-state index in [9.17, 15) is 14.0 Å². The zero-order chi connectivity index (χ0) is 15.6. The van der Waals surface area contributed by atoms with Gasteiger partial charge in [0.1, 0.15) is 11.3 Å². The Morgan fingerprint density at radius 1 is 1.57 bits per heavy atom. The van der Waals surface area contributed by atoms with Crippen LogP contribution in [0.5, 0.6) is 0 Å². The highest BCUT2D eigenvalue weighted by Crippen LogP contribution is 2.34. The first kappa shape index (κ1) is 15.9. The second-order valence-corrected chi connectivity index (χ2v) is 6.95. The molecule has 0 N–H and O–H groups in total. The lowest BCUT2D eigenvalue weighted by molar-refractivity contribution is -0.0170. The largest absolute Gasteiger partial charge is 0.444 e. The lowest BCUT2D eigenvalue weighted by Crippen LogP contribution is -2.45. The third kappa shape index (κ3) is 4.00. The average Bonchev–Trinajstić information content (AvgIpc) is 2.85. The number of aldehydes is 1. The number of carbonyl (C=O) groups excluding carboxylic acids is 2. The van der Waals surface area contributed by atoms with Gasteiger partial charge in [0.05, 0.1) is 5.01 Å². The minimum atomic E-state index is -1.39. The molecule has 1 aromatic rings. The zero-order valence-electron chi connectivity index (χ0n) is 12.3. The van der Waals surface area contributed by atoms with Gasteiger partial charge >= 0.3 is 6.09 Å². The molecule has 1 saturated heterocycles. The van der Waals surface area contributed by atoms with Crippen LogP contribution in [-0.4, -0.2) is 40.7 Å². The maximum Gasteiger partial charge on any atom is 0.412 e. The molecule has 0 spiro atoms. The number of ether oxygens (including phenoxy) is 1. The number of hydrogen-bond donors (Lipinski definition) is 0. The van der Waals surface area contributed by atoms with Gasteiger partial charge in [-0.15, -0.1) is 11.3 Å². The number of nitrogens with zero attached hydrogens (tertiary/aromatic N) is 2. The van der Waals surface area contributed by atoms with E-state index in [2.05, 4.69) is 4.98 Å². The Hall–Kier alpha value is -1.50. The Labute approximate surface area is 127 Å². The molecule has 1 amide bonds. The van der Waals surface area contributed by atoms with Gasteiger partial charge in [-0.05, 0) is 27.2 Å². The van der Waals surface area contributed by atoms with E-state index in [0.29, 0.717) is 18.4 Å². The summed E-state index contributed by atoms with van der Waals surface area (Å²) in [5, 5.41) is 2.42. The summed E-state index contributed by atoms with van der Waals surface area (Å²) in [5.74, 6) is -0.0580. The second-order valence-electron chi connectivity index (χ2n) is 6.06. The van der Waals surface area contributed by atoms with Gasteiger partial charge < -0.3 is 4.74 Å². The molecule has 1 aliphatic rings. The van der Waals surface area contributed by atoms with Crippen LogP contribution in [0.1, 0.15) is 55.0 Å². The van der Waals surface area contributed by atoms with Gasteiger partial charge in [-0.25, -0.2) is 14.2 Å². The summed E-state index contributed by atoms with van der Waals surface area (Å²) in [6.07, 6.45) is -0.525. The molecule has 1 aliphatic heterocycles. The molecule has 0 aromatic carbocycles. The van der Waals surface area contributed by atoms with Crippen LogP contribution in [0.4, 0.5) is 9.18 Å². The lowest BCUT2D eigenvalue weighted by Gasteiger charge is -2.35. The van der Waals surface area contributed by atoms with Crippen LogP contribution in [0.25, 0.3) is 0 Å².